The third kappa shape index (κ3) is 9.89. The highest BCUT2D eigenvalue weighted by molar-refractivity contribution is 7.80. The third-order valence-electron chi connectivity index (χ3n) is 4.53. The Bertz CT molecular complexity index is 839. The van der Waals surface area contributed by atoms with Crippen LogP contribution in [0.25, 0.3) is 0 Å². The fourth-order valence-electron chi connectivity index (χ4n) is 2.67. The molecule has 0 saturated carbocycles. The minimum Gasteiger partial charge on any atom is -0.481 e. The van der Waals surface area contributed by atoms with Gasteiger partial charge in [0.05, 0.1) is 12.6 Å². The van der Waals surface area contributed by atoms with Crippen molar-refractivity contribution in [2.75, 3.05) is 12.4 Å². The van der Waals surface area contributed by atoms with Crippen molar-refractivity contribution in [3.63, 3.8) is 0 Å². The van der Waals surface area contributed by atoms with E-state index in [-0.39, 0.29) is 25.0 Å². The molecule has 0 aliphatic heterocycles. The van der Waals surface area contributed by atoms with Gasteiger partial charge >= 0.3 is 11.9 Å². The third-order valence-corrected chi connectivity index (χ3v) is 4.90. The topological polar surface area (TPSA) is 208 Å². The van der Waals surface area contributed by atoms with E-state index in [0.29, 0.717) is 5.56 Å². The summed E-state index contributed by atoms with van der Waals surface area (Å²) in [6.07, 6.45) is -0.471. The van der Waals surface area contributed by atoms with Gasteiger partial charge in [-0.05, 0) is 12.0 Å². The number of aliphatic hydroxyl groups excluding tert-OH is 1. The van der Waals surface area contributed by atoms with Crippen LogP contribution in [-0.4, -0.2) is 81.5 Å². The lowest BCUT2D eigenvalue weighted by Crippen LogP contribution is -2.58. The molecule has 1 aromatic carbocycles. The second kappa shape index (κ2) is 14.1. The summed E-state index contributed by atoms with van der Waals surface area (Å²) in [5.74, 6) is -5.13. The molecule has 0 aliphatic carbocycles. The van der Waals surface area contributed by atoms with Crippen LogP contribution in [0.1, 0.15) is 18.4 Å². The first-order valence-electron chi connectivity index (χ1n) is 9.96. The summed E-state index contributed by atoms with van der Waals surface area (Å²) in [5, 5.41) is 33.9. The zero-order valence-electron chi connectivity index (χ0n) is 17.6. The van der Waals surface area contributed by atoms with Crippen LogP contribution in [0.4, 0.5) is 0 Å². The number of aliphatic carboxylic acids is 2. The van der Waals surface area contributed by atoms with Gasteiger partial charge in [0.1, 0.15) is 18.1 Å². The molecule has 0 saturated heterocycles. The van der Waals surface area contributed by atoms with Crippen LogP contribution >= 0.6 is 12.6 Å². The van der Waals surface area contributed by atoms with Crippen LogP contribution in [0.5, 0.6) is 0 Å². The predicted molar refractivity (Wildman–Crippen MR) is 119 cm³/mol. The number of aliphatic hydroxyl groups is 1. The van der Waals surface area contributed by atoms with Crippen molar-refractivity contribution in [3.05, 3.63) is 35.9 Å². The maximum atomic E-state index is 12.7. The van der Waals surface area contributed by atoms with Crippen LogP contribution < -0.4 is 21.7 Å². The Kier molecular flexibility index (Phi) is 11.9. The molecule has 1 rings (SSSR count). The molecule has 0 aliphatic rings. The molecule has 0 heterocycles. The number of carbonyl (C=O) groups excluding carboxylic acids is 3. The van der Waals surface area contributed by atoms with E-state index >= 15 is 0 Å². The highest BCUT2D eigenvalue weighted by atomic mass is 32.1. The molecule has 0 fully saturated rings. The number of benzene rings is 1. The van der Waals surface area contributed by atoms with Crippen LogP contribution in [0.3, 0.4) is 0 Å². The number of hydrogen-bond acceptors (Lipinski definition) is 8. The van der Waals surface area contributed by atoms with Crippen molar-refractivity contribution in [1.82, 2.24) is 16.0 Å². The van der Waals surface area contributed by atoms with Crippen LogP contribution in [-0.2, 0) is 30.4 Å². The molecule has 12 nitrogen and oxygen atoms in total. The molecule has 182 valence electrons. The van der Waals surface area contributed by atoms with E-state index < -0.39 is 60.4 Å². The molecular formula is C20H28N4O8S. The summed E-state index contributed by atoms with van der Waals surface area (Å²) < 4.78 is 0. The summed E-state index contributed by atoms with van der Waals surface area (Å²) >= 11 is 4.03. The average Bonchev–Trinajstić information content (AvgIpc) is 2.78. The number of thiol groups is 1. The average molecular weight is 485 g/mol. The first-order chi connectivity index (χ1) is 15.6. The Morgan fingerprint density at radius 1 is 0.879 bits per heavy atom. The largest absolute Gasteiger partial charge is 0.481 e. The fourth-order valence-corrected chi connectivity index (χ4v) is 2.93. The van der Waals surface area contributed by atoms with Crippen LogP contribution in [0, 0.1) is 0 Å². The molecule has 4 unspecified atom stereocenters. The molecule has 4 atom stereocenters. The molecule has 0 radical (unpaired) electrons. The van der Waals surface area contributed by atoms with E-state index in [2.05, 4.69) is 28.6 Å². The number of rotatable bonds is 14. The standard InChI is InChI=1S/C20H28N4O8S/c21-12(6-7-16(26)27)17(28)24-15(10-33)19(30)22-13(8-11-4-2-1-3-5-11)18(29)23-14(9-25)20(31)32/h1-5,12-15,25,33H,6-10,21H2,(H,22,30)(H,23,29)(H,24,28)(H,26,27)(H,31,32). The van der Waals surface area contributed by atoms with Gasteiger partial charge in [0, 0.05) is 18.6 Å². The van der Waals surface area contributed by atoms with Crippen molar-refractivity contribution in [1.29, 1.82) is 0 Å². The van der Waals surface area contributed by atoms with Gasteiger partial charge in [-0.15, -0.1) is 0 Å². The Morgan fingerprint density at radius 3 is 1.94 bits per heavy atom. The number of nitrogens with one attached hydrogen (secondary N) is 3. The van der Waals surface area contributed by atoms with Gasteiger partial charge in [-0.25, -0.2) is 4.79 Å². The SMILES string of the molecule is NC(CCC(=O)O)C(=O)NC(CS)C(=O)NC(Cc1ccccc1)C(=O)NC(CO)C(=O)O. The molecule has 1 aromatic rings. The Morgan fingerprint density at radius 2 is 1.42 bits per heavy atom. The monoisotopic (exact) mass is 484 g/mol. The van der Waals surface area contributed by atoms with E-state index in [1.54, 1.807) is 30.3 Å². The second-order valence-electron chi connectivity index (χ2n) is 7.12. The lowest BCUT2D eigenvalue weighted by Gasteiger charge is -2.24. The Hall–Kier alpha value is -3.16. The smallest absolute Gasteiger partial charge is 0.328 e. The molecule has 13 heteroatoms. The molecule has 0 spiro atoms. The second-order valence-corrected chi connectivity index (χ2v) is 7.48. The lowest BCUT2D eigenvalue weighted by atomic mass is 10.0. The lowest BCUT2D eigenvalue weighted by molar-refractivity contribution is -0.143. The van der Waals surface area contributed by atoms with Crippen molar-refractivity contribution in [3.8, 4) is 0 Å². The summed E-state index contributed by atoms with van der Waals surface area (Å²) in [5.41, 5.74) is 6.31. The van der Waals surface area contributed by atoms with E-state index in [9.17, 15) is 24.0 Å². The minimum absolute atomic E-state index is 0.00153. The number of carboxylic acid groups (broad SMARTS) is 2. The van der Waals surface area contributed by atoms with Crippen molar-refractivity contribution in [2.45, 2.75) is 43.4 Å². The fraction of sp³-hybridized carbons (Fsp3) is 0.450. The molecule has 0 bridgehead atoms. The van der Waals surface area contributed by atoms with Gasteiger partial charge in [-0.2, -0.15) is 12.6 Å². The predicted octanol–water partition coefficient (Wildman–Crippen LogP) is -2.12. The molecule has 3 amide bonds. The van der Waals surface area contributed by atoms with Gasteiger partial charge < -0.3 is 37.0 Å². The number of hydrogen-bond donors (Lipinski definition) is 8. The maximum absolute atomic E-state index is 12.7. The summed E-state index contributed by atoms with van der Waals surface area (Å²) in [4.78, 5) is 59.4. The van der Waals surface area contributed by atoms with E-state index in [0.717, 1.165) is 0 Å². The van der Waals surface area contributed by atoms with Crippen LogP contribution in [0.2, 0.25) is 0 Å². The van der Waals surface area contributed by atoms with Crippen molar-refractivity contribution >= 4 is 42.3 Å². The Balaban J connectivity index is 2.92. The van der Waals surface area contributed by atoms with Gasteiger partial charge in [-0.1, -0.05) is 30.3 Å². The summed E-state index contributed by atoms with van der Waals surface area (Å²) in [6.45, 7) is -0.851. The quantitative estimate of drug-likeness (QED) is 0.136. The number of carboxylic acids is 2. The molecule has 0 aromatic heterocycles. The molecule has 33 heavy (non-hydrogen) atoms. The zero-order chi connectivity index (χ0) is 25.0. The molecule has 8 N–H and O–H groups in total. The first-order valence-corrected chi connectivity index (χ1v) is 10.6. The van der Waals surface area contributed by atoms with Crippen molar-refractivity contribution < 1.29 is 39.3 Å². The molecular weight excluding hydrogens is 456 g/mol. The van der Waals surface area contributed by atoms with E-state index in [1.165, 1.54) is 0 Å². The van der Waals surface area contributed by atoms with Gasteiger partial charge in [0.25, 0.3) is 0 Å². The van der Waals surface area contributed by atoms with Crippen LogP contribution in [0.15, 0.2) is 30.3 Å². The maximum Gasteiger partial charge on any atom is 0.328 e. The summed E-state index contributed by atoms with van der Waals surface area (Å²) in [7, 11) is 0. The van der Waals surface area contributed by atoms with Crippen molar-refractivity contribution in [2.24, 2.45) is 5.73 Å². The van der Waals surface area contributed by atoms with E-state index in [4.69, 9.17) is 21.1 Å². The number of amides is 3. The highest BCUT2D eigenvalue weighted by Gasteiger charge is 2.30. The van der Waals surface area contributed by atoms with Gasteiger partial charge in [-0.3, -0.25) is 19.2 Å². The van der Waals surface area contributed by atoms with Gasteiger partial charge in [0.15, 0.2) is 0 Å². The van der Waals surface area contributed by atoms with Gasteiger partial charge in [0.2, 0.25) is 17.7 Å². The summed E-state index contributed by atoms with van der Waals surface area (Å²) in [6, 6.07) is 3.43. The number of nitrogens with two attached hydrogens (primary N) is 1. The van der Waals surface area contributed by atoms with E-state index in [1.807, 2.05) is 0 Å². The number of carbonyl (C=O) groups is 5. The normalized spacial score (nSPS) is 14.3. The minimum atomic E-state index is -1.57. The Labute approximate surface area is 195 Å². The highest BCUT2D eigenvalue weighted by Crippen LogP contribution is 2.05. The zero-order valence-corrected chi connectivity index (χ0v) is 18.5. The first kappa shape index (κ1) is 27.9.